The quantitative estimate of drug-likeness (QED) is 0.614. The predicted octanol–water partition coefficient (Wildman–Crippen LogP) is 3.75. The summed E-state index contributed by atoms with van der Waals surface area (Å²) in [5, 5.41) is -0.626. The normalized spacial score (nSPS) is 12.6. The van der Waals surface area contributed by atoms with Crippen molar-refractivity contribution in [2.24, 2.45) is 0 Å². The van der Waals surface area contributed by atoms with Gasteiger partial charge in [0.1, 0.15) is 5.75 Å². The highest BCUT2D eigenvalue weighted by Gasteiger charge is 2.17. The fourth-order valence-corrected chi connectivity index (χ4v) is 1.41. The van der Waals surface area contributed by atoms with Crippen LogP contribution in [-0.2, 0) is 0 Å². The van der Waals surface area contributed by atoms with Crippen LogP contribution in [0.3, 0.4) is 0 Å². The van der Waals surface area contributed by atoms with Crippen LogP contribution in [0.5, 0.6) is 5.75 Å². The van der Waals surface area contributed by atoms with Gasteiger partial charge in [0.05, 0.1) is 10.4 Å². The van der Waals surface area contributed by atoms with Crippen molar-refractivity contribution in [3.8, 4) is 5.75 Å². The number of rotatable bonds is 4. The first-order valence-corrected chi connectivity index (χ1v) is 5.16. The summed E-state index contributed by atoms with van der Waals surface area (Å²) in [6, 6.07) is 3.71. The van der Waals surface area contributed by atoms with Crippen molar-refractivity contribution in [1.29, 1.82) is 0 Å². The predicted molar refractivity (Wildman–Crippen MR) is 57.7 cm³/mol. The molecule has 0 fully saturated rings. The largest absolute Gasteiger partial charge is 0.435 e. The number of hydrogen-bond donors (Lipinski definition) is 0. The van der Waals surface area contributed by atoms with Crippen LogP contribution in [0.25, 0.3) is 0 Å². The van der Waals surface area contributed by atoms with E-state index in [2.05, 4.69) is 4.74 Å². The number of ether oxygens (including phenoxy) is 1. The maximum atomic E-state index is 11.9. The molecule has 0 heterocycles. The lowest BCUT2D eigenvalue weighted by Gasteiger charge is -2.08. The Bertz CT molecular complexity index is 394. The molecule has 0 spiro atoms. The number of hydrogen-bond acceptors (Lipinski definition) is 2. The second-order valence-corrected chi connectivity index (χ2v) is 4.06. The SMILES string of the molecule is CC(Cl)C(=O)c1cc(OC(F)F)ccc1Cl. The molecule has 1 rings (SSSR count). The van der Waals surface area contributed by atoms with Crippen molar-refractivity contribution in [3.05, 3.63) is 28.8 Å². The molecule has 1 aromatic carbocycles. The zero-order chi connectivity index (χ0) is 12.3. The molecule has 16 heavy (non-hydrogen) atoms. The molecule has 0 saturated heterocycles. The molecule has 0 aromatic heterocycles. The van der Waals surface area contributed by atoms with E-state index in [1.54, 1.807) is 0 Å². The molecular formula is C10H8Cl2F2O2. The summed E-state index contributed by atoms with van der Waals surface area (Å²) < 4.78 is 28.0. The lowest BCUT2D eigenvalue weighted by atomic mass is 10.1. The third kappa shape index (κ3) is 3.32. The van der Waals surface area contributed by atoms with E-state index in [1.165, 1.54) is 19.1 Å². The second-order valence-electron chi connectivity index (χ2n) is 3.00. The van der Waals surface area contributed by atoms with E-state index in [0.29, 0.717) is 0 Å². The highest BCUT2D eigenvalue weighted by atomic mass is 35.5. The number of Topliss-reactive ketones (excluding diaryl/α,β-unsaturated/α-hetero) is 1. The first-order chi connectivity index (χ1) is 7.41. The molecule has 2 nitrogen and oxygen atoms in total. The van der Waals surface area contributed by atoms with Crippen LogP contribution in [0, 0.1) is 0 Å². The summed E-state index contributed by atoms with van der Waals surface area (Å²) in [5.41, 5.74) is 0.0716. The Labute approximate surface area is 101 Å². The zero-order valence-electron chi connectivity index (χ0n) is 8.22. The molecular weight excluding hydrogens is 261 g/mol. The molecule has 0 radical (unpaired) electrons. The van der Waals surface area contributed by atoms with Crippen LogP contribution in [0.4, 0.5) is 8.78 Å². The summed E-state index contributed by atoms with van der Waals surface area (Å²) in [6.07, 6.45) is 0. The standard InChI is InChI=1S/C10H8Cl2F2O2/c1-5(11)9(15)7-4-6(16-10(13)14)2-3-8(7)12/h2-5,10H,1H3. The Morgan fingerprint density at radius 2 is 2.06 bits per heavy atom. The van der Waals surface area contributed by atoms with Crippen molar-refractivity contribution in [3.63, 3.8) is 0 Å². The summed E-state index contributed by atoms with van der Waals surface area (Å²) in [6.45, 7) is -1.47. The number of carbonyl (C=O) groups excluding carboxylic acids is 1. The van der Waals surface area contributed by atoms with E-state index < -0.39 is 17.8 Å². The highest BCUT2D eigenvalue weighted by Crippen LogP contribution is 2.25. The topological polar surface area (TPSA) is 26.3 Å². The van der Waals surface area contributed by atoms with E-state index in [1.807, 2.05) is 0 Å². The summed E-state index contributed by atoms with van der Waals surface area (Å²) in [5.74, 6) is -0.563. The van der Waals surface area contributed by atoms with Crippen LogP contribution >= 0.6 is 23.2 Å². The minimum atomic E-state index is -2.95. The molecule has 6 heteroatoms. The van der Waals surface area contributed by atoms with E-state index in [0.717, 1.165) is 6.07 Å². The third-order valence-electron chi connectivity index (χ3n) is 1.79. The smallest absolute Gasteiger partial charge is 0.387 e. The minimum absolute atomic E-state index is 0.0716. The molecule has 1 aromatic rings. The number of ketones is 1. The molecule has 0 bridgehead atoms. The van der Waals surface area contributed by atoms with E-state index in [9.17, 15) is 13.6 Å². The maximum absolute atomic E-state index is 11.9. The van der Waals surface area contributed by atoms with Crippen molar-refractivity contribution in [2.45, 2.75) is 18.9 Å². The van der Waals surface area contributed by atoms with Gasteiger partial charge in [-0.3, -0.25) is 4.79 Å². The number of halogens is 4. The van der Waals surface area contributed by atoms with Gasteiger partial charge in [-0.25, -0.2) is 0 Å². The van der Waals surface area contributed by atoms with Crippen molar-refractivity contribution < 1.29 is 18.3 Å². The third-order valence-corrected chi connectivity index (χ3v) is 2.32. The van der Waals surface area contributed by atoms with Gasteiger partial charge >= 0.3 is 6.61 Å². The van der Waals surface area contributed by atoms with Crippen molar-refractivity contribution in [2.75, 3.05) is 0 Å². The fourth-order valence-electron chi connectivity index (χ4n) is 1.08. The van der Waals surface area contributed by atoms with Gasteiger partial charge in [-0.1, -0.05) is 11.6 Å². The average Bonchev–Trinajstić information content (AvgIpc) is 2.19. The molecule has 0 N–H and O–H groups in total. The Morgan fingerprint density at radius 3 is 2.56 bits per heavy atom. The van der Waals surface area contributed by atoms with Crippen molar-refractivity contribution >= 4 is 29.0 Å². The Hall–Kier alpha value is -0.870. The minimum Gasteiger partial charge on any atom is -0.435 e. The Balaban J connectivity index is 3.04. The molecule has 0 saturated carbocycles. The van der Waals surface area contributed by atoms with Crippen LogP contribution in [0.15, 0.2) is 18.2 Å². The van der Waals surface area contributed by atoms with E-state index in [4.69, 9.17) is 23.2 Å². The van der Waals surface area contributed by atoms with Crippen LogP contribution in [0.1, 0.15) is 17.3 Å². The molecule has 1 atom stereocenters. The van der Waals surface area contributed by atoms with Gasteiger partial charge < -0.3 is 4.74 Å². The average molecular weight is 269 g/mol. The first-order valence-electron chi connectivity index (χ1n) is 4.34. The summed E-state index contributed by atoms with van der Waals surface area (Å²) >= 11 is 11.3. The van der Waals surface area contributed by atoms with Gasteiger partial charge in [-0.2, -0.15) is 8.78 Å². The van der Waals surface area contributed by atoms with Crippen LogP contribution < -0.4 is 4.74 Å². The van der Waals surface area contributed by atoms with E-state index in [-0.39, 0.29) is 16.3 Å². The second kappa shape index (κ2) is 5.46. The number of carbonyl (C=O) groups is 1. The molecule has 88 valence electrons. The summed E-state index contributed by atoms with van der Waals surface area (Å²) in [7, 11) is 0. The maximum Gasteiger partial charge on any atom is 0.387 e. The fraction of sp³-hybridized carbons (Fsp3) is 0.300. The molecule has 1 unspecified atom stereocenters. The Morgan fingerprint density at radius 1 is 1.44 bits per heavy atom. The molecule has 0 aliphatic carbocycles. The summed E-state index contributed by atoms with van der Waals surface area (Å²) in [4.78, 5) is 11.5. The lowest BCUT2D eigenvalue weighted by molar-refractivity contribution is -0.0498. The lowest BCUT2D eigenvalue weighted by Crippen LogP contribution is -2.11. The van der Waals surface area contributed by atoms with Gasteiger partial charge in [0.15, 0.2) is 5.78 Å². The number of alkyl halides is 3. The van der Waals surface area contributed by atoms with Gasteiger partial charge in [-0.15, -0.1) is 11.6 Å². The highest BCUT2D eigenvalue weighted by molar-refractivity contribution is 6.38. The van der Waals surface area contributed by atoms with Gasteiger partial charge in [-0.05, 0) is 25.1 Å². The van der Waals surface area contributed by atoms with Crippen molar-refractivity contribution in [1.82, 2.24) is 0 Å². The Kier molecular flexibility index (Phi) is 4.50. The molecule has 0 aliphatic rings. The van der Waals surface area contributed by atoms with E-state index >= 15 is 0 Å². The molecule has 0 amide bonds. The molecule has 0 aliphatic heterocycles. The zero-order valence-corrected chi connectivity index (χ0v) is 9.73. The number of benzene rings is 1. The van der Waals surface area contributed by atoms with Gasteiger partial charge in [0.2, 0.25) is 0 Å². The van der Waals surface area contributed by atoms with Crippen LogP contribution in [0.2, 0.25) is 5.02 Å². The monoisotopic (exact) mass is 268 g/mol. The van der Waals surface area contributed by atoms with Gasteiger partial charge in [0, 0.05) is 5.56 Å². The van der Waals surface area contributed by atoms with Crippen LogP contribution in [-0.4, -0.2) is 17.8 Å². The van der Waals surface area contributed by atoms with Gasteiger partial charge in [0.25, 0.3) is 0 Å². The first kappa shape index (κ1) is 13.2.